The highest BCUT2D eigenvalue weighted by atomic mass is 79.9. The van der Waals surface area contributed by atoms with E-state index in [1.165, 1.54) is 6.92 Å². The minimum absolute atomic E-state index is 0. The number of ether oxygens (including phenoxy) is 1. The number of hydrogen-bond donors (Lipinski definition) is 0. The van der Waals surface area contributed by atoms with E-state index in [1.807, 2.05) is 30.6 Å². The molecule has 0 aliphatic heterocycles. The molecule has 0 amide bonds. The van der Waals surface area contributed by atoms with Gasteiger partial charge in [0.1, 0.15) is 0 Å². The van der Waals surface area contributed by atoms with Crippen LogP contribution in [0.1, 0.15) is 6.92 Å². The summed E-state index contributed by atoms with van der Waals surface area (Å²) in [6.45, 7) is 1.68. The molecule has 0 unspecified atom stereocenters. The summed E-state index contributed by atoms with van der Waals surface area (Å²) in [6, 6.07) is 5.66. The van der Waals surface area contributed by atoms with E-state index in [4.69, 9.17) is 4.74 Å². The SMILES string of the molecule is CC(=O)OC[n+]1ccccc1.[Br-]. The van der Waals surface area contributed by atoms with Crippen LogP contribution in [-0.2, 0) is 16.3 Å². The molecule has 1 heterocycles. The number of halogens is 1. The molecular weight excluding hydrogens is 222 g/mol. The fourth-order valence-electron chi connectivity index (χ4n) is 0.686. The molecule has 0 aliphatic rings. The third kappa shape index (κ3) is 4.08. The van der Waals surface area contributed by atoms with E-state index in [2.05, 4.69) is 0 Å². The van der Waals surface area contributed by atoms with Crippen molar-refractivity contribution < 1.29 is 31.1 Å². The highest BCUT2D eigenvalue weighted by Gasteiger charge is 1.98. The molecule has 0 atom stereocenters. The van der Waals surface area contributed by atoms with Crippen LogP contribution in [0.2, 0.25) is 0 Å². The Hall–Kier alpha value is -0.900. The summed E-state index contributed by atoms with van der Waals surface area (Å²) in [4.78, 5) is 10.4. The van der Waals surface area contributed by atoms with E-state index in [1.54, 1.807) is 4.57 Å². The van der Waals surface area contributed by atoms with Crippen LogP contribution in [0, 0.1) is 0 Å². The summed E-state index contributed by atoms with van der Waals surface area (Å²) in [5, 5.41) is 0. The lowest BCUT2D eigenvalue weighted by Gasteiger charge is -1.95. The maximum atomic E-state index is 10.4. The van der Waals surface area contributed by atoms with Gasteiger partial charge in [0.25, 0.3) is 6.73 Å². The van der Waals surface area contributed by atoms with Gasteiger partial charge in [0, 0.05) is 19.1 Å². The number of hydrogen-bond acceptors (Lipinski definition) is 2. The number of nitrogens with zero attached hydrogens (tertiary/aromatic N) is 1. The van der Waals surface area contributed by atoms with E-state index in [9.17, 15) is 4.79 Å². The van der Waals surface area contributed by atoms with Crippen LogP contribution in [0.3, 0.4) is 0 Å². The zero-order valence-electron chi connectivity index (χ0n) is 6.74. The Morgan fingerprint density at radius 1 is 1.33 bits per heavy atom. The van der Waals surface area contributed by atoms with E-state index in [0.29, 0.717) is 0 Å². The Balaban J connectivity index is 0.00000121. The van der Waals surface area contributed by atoms with E-state index in [-0.39, 0.29) is 29.7 Å². The van der Waals surface area contributed by atoms with Gasteiger partial charge < -0.3 is 21.7 Å². The third-order valence-corrected chi connectivity index (χ3v) is 1.19. The maximum Gasteiger partial charge on any atom is 0.307 e. The first-order chi connectivity index (χ1) is 5.29. The molecule has 0 fully saturated rings. The predicted molar refractivity (Wildman–Crippen MR) is 38.4 cm³/mol. The highest BCUT2D eigenvalue weighted by molar-refractivity contribution is 5.65. The summed E-state index contributed by atoms with van der Waals surface area (Å²) in [6.07, 6.45) is 3.67. The molecule has 66 valence electrons. The molecule has 0 saturated heterocycles. The summed E-state index contributed by atoms with van der Waals surface area (Å²) >= 11 is 0. The predicted octanol–water partition coefficient (Wildman–Crippen LogP) is -2.50. The van der Waals surface area contributed by atoms with Crippen LogP contribution in [0.4, 0.5) is 0 Å². The minimum atomic E-state index is -0.263. The van der Waals surface area contributed by atoms with E-state index in [0.717, 1.165) is 0 Å². The standard InChI is InChI=1S/C8H10NO2.BrH/c1-8(10)11-7-9-5-3-2-4-6-9;/h2-6H,7H2,1H3;1H/q+1;/p-1. The first kappa shape index (κ1) is 11.1. The molecule has 0 N–H and O–H groups in total. The number of carbonyl (C=O) groups excluding carboxylic acids is 1. The average Bonchev–Trinajstić information content (AvgIpc) is 2.03. The molecule has 3 nitrogen and oxygen atoms in total. The van der Waals surface area contributed by atoms with Crippen LogP contribution >= 0.6 is 0 Å². The molecule has 0 aliphatic carbocycles. The van der Waals surface area contributed by atoms with Gasteiger partial charge in [-0.25, -0.2) is 0 Å². The zero-order valence-corrected chi connectivity index (χ0v) is 8.32. The summed E-state index contributed by atoms with van der Waals surface area (Å²) < 4.78 is 6.53. The Morgan fingerprint density at radius 3 is 2.42 bits per heavy atom. The molecule has 0 saturated carbocycles. The van der Waals surface area contributed by atoms with Crippen molar-refractivity contribution in [3.05, 3.63) is 30.6 Å². The first-order valence-corrected chi connectivity index (χ1v) is 3.36. The number of pyridine rings is 1. The van der Waals surface area contributed by atoms with Crippen LogP contribution in [0.25, 0.3) is 0 Å². The van der Waals surface area contributed by atoms with Gasteiger partial charge in [0.05, 0.1) is 0 Å². The molecule has 4 heteroatoms. The van der Waals surface area contributed by atoms with Crippen molar-refractivity contribution in [2.75, 3.05) is 0 Å². The van der Waals surface area contributed by atoms with Crippen LogP contribution in [0.15, 0.2) is 30.6 Å². The Kier molecular flexibility index (Phi) is 5.28. The highest BCUT2D eigenvalue weighted by Crippen LogP contribution is 1.79. The monoisotopic (exact) mass is 231 g/mol. The van der Waals surface area contributed by atoms with Crippen LogP contribution in [0.5, 0.6) is 0 Å². The van der Waals surface area contributed by atoms with Crippen molar-refractivity contribution in [1.29, 1.82) is 0 Å². The Bertz CT molecular complexity index is 238. The molecule has 0 spiro atoms. The van der Waals surface area contributed by atoms with Gasteiger partial charge >= 0.3 is 5.97 Å². The molecular formula is C8H10BrNO2. The third-order valence-electron chi connectivity index (χ3n) is 1.19. The molecule has 0 aromatic carbocycles. The van der Waals surface area contributed by atoms with E-state index < -0.39 is 0 Å². The minimum Gasteiger partial charge on any atom is -1.00 e. The lowest BCUT2D eigenvalue weighted by Crippen LogP contribution is -3.00. The van der Waals surface area contributed by atoms with Crippen molar-refractivity contribution in [1.82, 2.24) is 0 Å². The van der Waals surface area contributed by atoms with Gasteiger partial charge in [0.15, 0.2) is 12.4 Å². The molecule has 0 radical (unpaired) electrons. The molecule has 1 rings (SSSR count). The van der Waals surface area contributed by atoms with Crippen molar-refractivity contribution in [3.63, 3.8) is 0 Å². The summed E-state index contributed by atoms with van der Waals surface area (Å²) in [5.74, 6) is -0.263. The zero-order chi connectivity index (χ0) is 8.10. The van der Waals surface area contributed by atoms with E-state index >= 15 is 0 Å². The van der Waals surface area contributed by atoms with Crippen molar-refractivity contribution >= 4 is 5.97 Å². The number of carbonyl (C=O) groups is 1. The van der Waals surface area contributed by atoms with Gasteiger partial charge in [-0.15, -0.1) is 0 Å². The van der Waals surface area contributed by atoms with Crippen LogP contribution < -0.4 is 21.5 Å². The lowest BCUT2D eigenvalue weighted by molar-refractivity contribution is -0.727. The smallest absolute Gasteiger partial charge is 0.307 e. The normalized spacial score (nSPS) is 8.42. The van der Waals surface area contributed by atoms with Gasteiger partial charge in [-0.3, -0.25) is 4.79 Å². The number of rotatable bonds is 2. The topological polar surface area (TPSA) is 30.2 Å². The van der Waals surface area contributed by atoms with Gasteiger partial charge in [-0.2, -0.15) is 4.57 Å². The quantitative estimate of drug-likeness (QED) is 0.417. The second-order valence-corrected chi connectivity index (χ2v) is 2.15. The fourth-order valence-corrected chi connectivity index (χ4v) is 0.686. The van der Waals surface area contributed by atoms with Crippen molar-refractivity contribution in [2.24, 2.45) is 0 Å². The van der Waals surface area contributed by atoms with Crippen molar-refractivity contribution in [3.8, 4) is 0 Å². The van der Waals surface area contributed by atoms with Gasteiger partial charge in [-0.05, 0) is 0 Å². The Morgan fingerprint density at radius 2 is 1.92 bits per heavy atom. The van der Waals surface area contributed by atoms with Gasteiger partial charge in [-0.1, -0.05) is 6.07 Å². The molecule has 1 aromatic heterocycles. The molecule has 1 aromatic rings. The molecule has 0 bridgehead atoms. The second kappa shape index (κ2) is 5.71. The summed E-state index contributed by atoms with van der Waals surface area (Å²) in [7, 11) is 0. The summed E-state index contributed by atoms with van der Waals surface area (Å²) in [5.41, 5.74) is 0. The first-order valence-electron chi connectivity index (χ1n) is 3.36. The van der Waals surface area contributed by atoms with Gasteiger partial charge in [0.2, 0.25) is 0 Å². The average molecular weight is 232 g/mol. The fraction of sp³-hybridized carbons (Fsp3) is 0.250. The Labute approximate surface area is 81.7 Å². The largest absolute Gasteiger partial charge is 1.00 e. The molecule has 12 heavy (non-hydrogen) atoms. The van der Waals surface area contributed by atoms with Crippen molar-refractivity contribution in [2.45, 2.75) is 13.7 Å². The van der Waals surface area contributed by atoms with Crippen LogP contribution in [-0.4, -0.2) is 5.97 Å². The lowest BCUT2D eigenvalue weighted by atomic mass is 10.5. The maximum absolute atomic E-state index is 10.4. The second-order valence-electron chi connectivity index (χ2n) is 2.15. The number of esters is 1. The number of aromatic nitrogens is 1.